The minimum Gasteiger partial charge on any atom is -0.380 e. The van der Waals surface area contributed by atoms with Crippen LogP contribution in [0, 0.1) is 18.8 Å². The Balaban J connectivity index is 2.05. The molecule has 2 aromatic rings. The molecule has 0 radical (unpaired) electrons. The van der Waals surface area contributed by atoms with Crippen molar-refractivity contribution in [2.45, 2.75) is 19.4 Å². The van der Waals surface area contributed by atoms with Gasteiger partial charge in [-0.25, -0.2) is 0 Å². The first-order chi connectivity index (χ1) is 8.75. The van der Waals surface area contributed by atoms with Crippen LogP contribution in [-0.4, -0.2) is 11.2 Å². The Hall–Kier alpha value is -2.04. The van der Waals surface area contributed by atoms with Gasteiger partial charge in [0.2, 0.25) is 0 Å². The molecule has 1 atom stereocenters. The number of aliphatic hydroxyl groups excluding tert-OH is 1. The van der Waals surface area contributed by atoms with Gasteiger partial charge in [0.1, 0.15) is 6.10 Å². The number of aryl methyl sites for hydroxylation is 1. The Bertz CT molecular complexity index is 561. The summed E-state index contributed by atoms with van der Waals surface area (Å²) in [6, 6.07) is 17.8. The van der Waals surface area contributed by atoms with Crippen molar-refractivity contribution in [1.82, 2.24) is 0 Å². The third-order valence-electron chi connectivity index (χ3n) is 2.79. The zero-order valence-corrected chi connectivity index (χ0v) is 10.4. The van der Waals surface area contributed by atoms with Gasteiger partial charge >= 0.3 is 0 Å². The Labute approximate surface area is 108 Å². The standard InChI is InChI=1S/C17H16O/c1-14-7-5-6-10-16(14)11-12-17(18)13-15-8-3-2-4-9-15/h2-10,17-18H,13H2,1H3. The summed E-state index contributed by atoms with van der Waals surface area (Å²) in [6.45, 7) is 2.02. The van der Waals surface area contributed by atoms with E-state index in [0.717, 1.165) is 16.7 Å². The van der Waals surface area contributed by atoms with Gasteiger partial charge in [0.15, 0.2) is 0 Å². The Kier molecular flexibility index (Phi) is 4.17. The fourth-order valence-electron chi connectivity index (χ4n) is 1.76. The quantitative estimate of drug-likeness (QED) is 0.795. The van der Waals surface area contributed by atoms with Crippen molar-refractivity contribution in [2.24, 2.45) is 0 Å². The molecule has 2 aromatic carbocycles. The Morgan fingerprint density at radius 2 is 1.67 bits per heavy atom. The smallest absolute Gasteiger partial charge is 0.119 e. The van der Waals surface area contributed by atoms with E-state index < -0.39 is 6.10 Å². The van der Waals surface area contributed by atoms with Gasteiger partial charge in [-0.2, -0.15) is 0 Å². The van der Waals surface area contributed by atoms with Crippen LogP contribution >= 0.6 is 0 Å². The monoisotopic (exact) mass is 236 g/mol. The van der Waals surface area contributed by atoms with Gasteiger partial charge in [0.05, 0.1) is 0 Å². The highest BCUT2D eigenvalue weighted by Gasteiger charge is 2.00. The van der Waals surface area contributed by atoms with Gasteiger partial charge < -0.3 is 5.11 Å². The van der Waals surface area contributed by atoms with E-state index in [1.165, 1.54) is 0 Å². The summed E-state index contributed by atoms with van der Waals surface area (Å²) in [5, 5.41) is 9.88. The number of aliphatic hydroxyl groups is 1. The van der Waals surface area contributed by atoms with Gasteiger partial charge in [-0.3, -0.25) is 0 Å². The van der Waals surface area contributed by atoms with E-state index >= 15 is 0 Å². The number of hydrogen-bond donors (Lipinski definition) is 1. The van der Waals surface area contributed by atoms with E-state index in [1.807, 2.05) is 61.5 Å². The first kappa shape index (κ1) is 12.4. The van der Waals surface area contributed by atoms with Crippen LogP contribution in [0.3, 0.4) is 0 Å². The summed E-state index contributed by atoms with van der Waals surface area (Å²) in [7, 11) is 0. The molecule has 2 rings (SSSR count). The number of hydrogen-bond acceptors (Lipinski definition) is 1. The van der Waals surface area contributed by atoms with E-state index in [2.05, 4.69) is 11.8 Å². The number of benzene rings is 2. The second kappa shape index (κ2) is 6.05. The predicted octanol–water partition coefficient (Wildman–Crippen LogP) is 2.95. The lowest BCUT2D eigenvalue weighted by molar-refractivity contribution is 0.233. The van der Waals surface area contributed by atoms with Crippen LogP contribution in [0.25, 0.3) is 0 Å². The summed E-state index contributed by atoms with van der Waals surface area (Å²) in [5.41, 5.74) is 3.21. The van der Waals surface area contributed by atoms with Gasteiger partial charge in [0.25, 0.3) is 0 Å². The summed E-state index contributed by atoms with van der Waals surface area (Å²) in [4.78, 5) is 0. The molecule has 0 aliphatic rings. The van der Waals surface area contributed by atoms with Crippen LogP contribution in [0.4, 0.5) is 0 Å². The maximum Gasteiger partial charge on any atom is 0.119 e. The molecule has 18 heavy (non-hydrogen) atoms. The van der Waals surface area contributed by atoms with Gasteiger partial charge in [0, 0.05) is 12.0 Å². The minimum atomic E-state index is -0.619. The minimum absolute atomic E-state index is 0.569. The largest absolute Gasteiger partial charge is 0.380 e. The molecule has 0 fully saturated rings. The summed E-state index contributed by atoms with van der Waals surface area (Å²) >= 11 is 0. The molecule has 0 saturated heterocycles. The molecule has 0 bridgehead atoms. The van der Waals surface area contributed by atoms with Crippen LogP contribution in [0.15, 0.2) is 54.6 Å². The molecule has 0 amide bonds. The third kappa shape index (κ3) is 3.48. The zero-order valence-electron chi connectivity index (χ0n) is 10.4. The molecule has 0 aliphatic carbocycles. The highest BCUT2D eigenvalue weighted by Crippen LogP contribution is 2.06. The van der Waals surface area contributed by atoms with Crippen LogP contribution in [-0.2, 0) is 6.42 Å². The summed E-state index contributed by atoms with van der Waals surface area (Å²) in [6.07, 6.45) is -0.0493. The fraction of sp³-hybridized carbons (Fsp3) is 0.176. The van der Waals surface area contributed by atoms with Crippen molar-refractivity contribution >= 4 is 0 Å². The molecule has 90 valence electrons. The summed E-state index contributed by atoms with van der Waals surface area (Å²) < 4.78 is 0. The van der Waals surface area contributed by atoms with Crippen molar-refractivity contribution in [3.63, 3.8) is 0 Å². The average Bonchev–Trinajstić information content (AvgIpc) is 2.39. The van der Waals surface area contributed by atoms with Gasteiger partial charge in [-0.15, -0.1) is 0 Å². The Morgan fingerprint density at radius 1 is 1.00 bits per heavy atom. The van der Waals surface area contributed by atoms with Crippen molar-refractivity contribution in [1.29, 1.82) is 0 Å². The van der Waals surface area contributed by atoms with Crippen LogP contribution in [0.5, 0.6) is 0 Å². The molecule has 0 saturated carbocycles. The summed E-state index contributed by atoms with van der Waals surface area (Å²) in [5.74, 6) is 5.93. The van der Waals surface area contributed by atoms with E-state index in [0.29, 0.717) is 6.42 Å². The van der Waals surface area contributed by atoms with Gasteiger partial charge in [-0.05, 0) is 24.1 Å². The van der Waals surface area contributed by atoms with Crippen molar-refractivity contribution in [3.8, 4) is 11.8 Å². The molecule has 0 aliphatic heterocycles. The second-order valence-corrected chi connectivity index (χ2v) is 4.29. The zero-order chi connectivity index (χ0) is 12.8. The highest BCUT2D eigenvalue weighted by molar-refractivity contribution is 5.41. The van der Waals surface area contributed by atoms with E-state index in [-0.39, 0.29) is 0 Å². The van der Waals surface area contributed by atoms with Crippen LogP contribution < -0.4 is 0 Å². The molecule has 0 heterocycles. The maximum absolute atomic E-state index is 9.88. The lowest BCUT2D eigenvalue weighted by Gasteiger charge is -2.03. The van der Waals surface area contributed by atoms with Crippen molar-refractivity contribution < 1.29 is 5.11 Å². The number of rotatable bonds is 2. The first-order valence-electron chi connectivity index (χ1n) is 6.05. The SMILES string of the molecule is Cc1ccccc1C#CC(O)Cc1ccccc1. The molecule has 1 heteroatoms. The lowest BCUT2D eigenvalue weighted by atomic mass is 10.1. The van der Waals surface area contributed by atoms with E-state index in [4.69, 9.17) is 0 Å². The van der Waals surface area contributed by atoms with Crippen LogP contribution in [0.1, 0.15) is 16.7 Å². The second-order valence-electron chi connectivity index (χ2n) is 4.29. The third-order valence-corrected chi connectivity index (χ3v) is 2.79. The molecule has 1 N–H and O–H groups in total. The highest BCUT2D eigenvalue weighted by atomic mass is 16.3. The molecule has 0 aromatic heterocycles. The van der Waals surface area contributed by atoms with E-state index in [1.54, 1.807) is 0 Å². The first-order valence-corrected chi connectivity index (χ1v) is 6.05. The molecular weight excluding hydrogens is 220 g/mol. The average molecular weight is 236 g/mol. The normalized spacial score (nSPS) is 11.4. The fourth-order valence-corrected chi connectivity index (χ4v) is 1.76. The van der Waals surface area contributed by atoms with Crippen molar-refractivity contribution in [3.05, 3.63) is 71.3 Å². The molecule has 0 spiro atoms. The lowest BCUT2D eigenvalue weighted by Crippen LogP contribution is -2.07. The molecular formula is C17H16O. The predicted molar refractivity (Wildman–Crippen MR) is 74.2 cm³/mol. The van der Waals surface area contributed by atoms with E-state index in [9.17, 15) is 5.11 Å². The van der Waals surface area contributed by atoms with Crippen molar-refractivity contribution in [2.75, 3.05) is 0 Å². The topological polar surface area (TPSA) is 20.2 Å². The maximum atomic E-state index is 9.88. The molecule has 1 nitrogen and oxygen atoms in total. The Morgan fingerprint density at radius 3 is 2.39 bits per heavy atom. The van der Waals surface area contributed by atoms with Gasteiger partial charge in [-0.1, -0.05) is 60.4 Å². The molecule has 1 unspecified atom stereocenters. The van der Waals surface area contributed by atoms with Crippen LogP contribution in [0.2, 0.25) is 0 Å².